The van der Waals surface area contributed by atoms with Crippen LogP contribution >= 0.6 is 0 Å². The summed E-state index contributed by atoms with van der Waals surface area (Å²) in [6, 6.07) is 5.20. The minimum Gasteiger partial charge on any atom is -0.481 e. The first-order valence-electron chi connectivity index (χ1n) is 8.07. The summed E-state index contributed by atoms with van der Waals surface area (Å²) in [5.74, 6) is -2.85. The van der Waals surface area contributed by atoms with Gasteiger partial charge in [-0.3, -0.25) is 14.3 Å². The first-order valence-corrected chi connectivity index (χ1v) is 8.07. The average Bonchev–Trinajstić information content (AvgIpc) is 3.00. The molecular weight excluding hydrogens is 325 g/mol. The van der Waals surface area contributed by atoms with E-state index < -0.39 is 23.7 Å². The van der Waals surface area contributed by atoms with E-state index in [1.54, 1.807) is 22.9 Å². The Balaban J connectivity index is 2.05. The number of halogens is 1. The number of amides is 1. The lowest BCUT2D eigenvalue weighted by Crippen LogP contribution is -2.31. The van der Waals surface area contributed by atoms with Crippen LogP contribution in [0, 0.1) is 25.6 Å². The number of aryl methyl sites for hydroxylation is 2. The first-order chi connectivity index (χ1) is 11.8. The zero-order valence-corrected chi connectivity index (χ0v) is 14.4. The highest BCUT2D eigenvalue weighted by Gasteiger charge is 2.45. The Morgan fingerprint density at radius 1 is 1.36 bits per heavy atom. The monoisotopic (exact) mass is 345 g/mol. The van der Waals surface area contributed by atoms with Crippen molar-refractivity contribution in [3.05, 3.63) is 52.6 Å². The summed E-state index contributed by atoms with van der Waals surface area (Å²) < 4.78 is 16.1. The second-order valence-corrected chi connectivity index (χ2v) is 6.41. The second kappa shape index (κ2) is 6.31. The summed E-state index contributed by atoms with van der Waals surface area (Å²) in [6.07, 6.45) is -0.132. The van der Waals surface area contributed by atoms with Gasteiger partial charge in [0.15, 0.2) is 0 Å². The van der Waals surface area contributed by atoms with E-state index in [1.807, 2.05) is 20.9 Å². The van der Waals surface area contributed by atoms with Crippen LogP contribution in [0.15, 0.2) is 24.3 Å². The maximum Gasteiger partial charge on any atom is 0.309 e. The number of carbonyl (C=O) groups is 2. The van der Waals surface area contributed by atoms with Crippen molar-refractivity contribution < 1.29 is 19.1 Å². The number of nitrogens with zero attached hydrogens (tertiary/aromatic N) is 3. The number of hydrogen-bond acceptors (Lipinski definition) is 3. The molecule has 6 nitrogen and oxygen atoms in total. The summed E-state index contributed by atoms with van der Waals surface area (Å²) in [6.45, 7) is 3.95. The quantitative estimate of drug-likeness (QED) is 0.923. The van der Waals surface area contributed by atoms with Crippen LogP contribution < -0.4 is 0 Å². The van der Waals surface area contributed by atoms with Crippen LogP contribution in [0.4, 0.5) is 4.39 Å². The van der Waals surface area contributed by atoms with E-state index in [1.165, 1.54) is 11.0 Å². The van der Waals surface area contributed by atoms with Gasteiger partial charge in [0.05, 0.1) is 17.7 Å². The molecule has 1 aliphatic rings. The van der Waals surface area contributed by atoms with Crippen molar-refractivity contribution in [3.63, 3.8) is 0 Å². The third kappa shape index (κ3) is 2.90. The number of benzene rings is 1. The van der Waals surface area contributed by atoms with Gasteiger partial charge in [-0.1, -0.05) is 18.2 Å². The second-order valence-electron chi connectivity index (χ2n) is 6.41. The molecular formula is C18H20FN3O3. The Labute approximate surface area is 144 Å². The van der Waals surface area contributed by atoms with Crippen LogP contribution in [0.1, 0.15) is 35.0 Å². The lowest BCUT2D eigenvalue weighted by molar-refractivity contribution is -0.142. The predicted molar refractivity (Wildman–Crippen MR) is 88.1 cm³/mol. The summed E-state index contributed by atoms with van der Waals surface area (Å²) in [5.41, 5.74) is 2.78. The van der Waals surface area contributed by atoms with Gasteiger partial charge in [-0.15, -0.1) is 0 Å². The van der Waals surface area contributed by atoms with Crippen molar-refractivity contribution >= 4 is 11.9 Å². The van der Waals surface area contributed by atoms with Crippen LogP contribution in [0.5, 0.6) is 0 Å². The number of rotatable bonds is 4. The third-order valence-corrected chi connectivity index (χ3v) is 4.96. The van der Waals surface area contributed by atoms with E-state index in [2.05, 4.69) is 5.10 Å². The number of carboxylic acid groups (broad SMARTS) is 1. The van der Waals surface area contributed by atoms with E-state index in [-0.39, 0.29) is 24.4 Å². The predicted octanol–water partition coefficient (Wildman–Crippen LogP) is 2.35. The number of aromatic nitrogens is 2. The third-order valence-electron chi connectivity index (χ3n) is 4.96. The van der Waals surface area contributed by atoms with Gasteiger partial charge in [-0.05, 0) is 19.9 Å². The Morgan fingerprint density at radius 2 is 2.04 bits per heavy atom. The molecule has 1 saturated heterocycles. The van der Waals surface area contributed by atoms with Gasteiger partial charge in [0, 0.05) is 36.8 Å². The largest absolute Gasteiger partial charge is 0.481 e. The molecule has 0 spiro atoms. The summed E-state index contributed by atoms with van der Waals surface area (Å²) in [7, 11) is 1.81. The topological polar surface area (TPSA) is 75.4 Å². The molecule has 7 heteroatoms. The number of aliphatic carboxylic acids is 1. The van der Waals surface area contributed by atoms with Crippen molar-refractivity contribution in [2.75, 3.05) is 0 Å². The highest BCUT2D eigenvalue weighted by molar-refractivity contribution is 5.87. The van der Waals surface area contributed by atoms with Gasteiger partial charge in [-0.25, -0.2) is 4.39 Å². The van der Waals surface area contributed by atoms with Crippen LogP contribution in [-0.4, -0.2) is 31.7 Å². The molecule has 0 saturated carbocycles. The van der Waals surface area contributed by atoms with E-state index in [9.17, 15) is 19.1 Å². The minimum atomic E-state index is -1.09. The van der Waals surface area contributed by atoms with Crippen molar-refractivity contribution in [1.29, 1.82) is 0 Å². The van der Waals surface area contributed by atoms with Crippen LogP contribution in [0.25, 0.3) is 0 Å². The molecule has 2 atom stereocenters. The molecule has 1 aromatic carbocycles. The van der Waals surface area contributed by atoms with Gasteiger partial charge in [0.2, 0.25) is 5.91 Å². The number of carboxylic acids is 1. The lowest BCUT2D eigenvalue weighted by atomic mass is 9.93. The molecule has 3 rings (SSSR count). The highest BCUT2D eigenvalue weighted by atomic mass is 19.1. The zero-order valence-electron chi connectivity index (χ0n) is 14.4. The molecule has 1 amide bonds. The van der Waals surface area contributed by atoms with E-state index in [4.69, 9.17) is 0 Å². The van der Waals surface area contributed by atoms with Crippen molar-refractivity contribution in [1.82, 2.24) is 14.7 Å². The molecule has 1 N–H and O–H groups in total. The van der Waals surface area contributed by atoms with Gasteiger partial charge >= 0.3 is 5.97 Å². The molecule has 1 fully saturated rings. The lowest BCUT2D eigenvalue weighted by Gasteiger charge is -2.28. The SMILES string of the molecule is Cc1nn(C)c(C)c1CN1C(=O)C[C@H](C(=O)O)[C@H]1c1ccccc1F. The van der Waals surface area contributed by atoms with Crippen molar-refractivity contribution in [3.8, 4) is 0 Å². The minimum absolute atomic E-state index is 0.132. The molecule has 2 aromatic rings. The fraction of sp³-hybridized carbons (Fsp3) is 0.389. The number of hydrogen-bond donors (Lipinski definition) is 1. The molecule has 2 heterocycles. The van der Waals surface area contributed by atoms with Crippen LogP contribution in [-0.2, 0) is 23.2 Å². The summed E-state index contributed by atoms with van der Waals surface area (Å²) in [5, 5.41) is 13.9. The normalized spacial score (nSPS) is 20.3. The summed E-state index contributed by atoms with van der Waals surface area (Å²) in [4.78, 5) is 25.7. The van der Waals surface area contributed by atoms with Gasteiger partial charge in [0.1, 0.15) is 5.82 Å². The molecule has 0 unspecified atom stereocenters. The first kappa shape index (κ1) is 17.1. The average molecular weight is 345 g/mol. The maximum atomic E-state index is 14.3. The molecule has 0 aliphatic carbocycles. The Morgan fingerprint density at radius 3 is 2.60 bits per heavy atom. The standard InChI is InChI=1S/C18H20FN3O3/c1-10-14(11(2)21(3)20-10)9-22-16(23)8-13(18(24)25)17(22)12-6-4-5-7-15(12)19/h4-7,13,17H,8-9H2,1-3H3,(H,24,25)/t13-,17+/m0/s1. The maximum absolute atomic E-state index is 14.3. The molecule has 1 aromatic heterocycles. The van der Waals surface area contributed by atoms with E-state index in [0.717, 1.165) is 17.0 Å². The summed E-state index contributed by atoms with van der Waals surface area (Å²) >= 11 is 0. The van der Waals surface area contributed by atoms with E-state index in [0.29, 0.717) is 0 Å². The fourth-order valence-corrected chi connectivity index (χ4v) is 3.51. The van der Waals surface area contributed by atoms with Crippen LogP contribution in [0.2, 0.25) is 0 Å². The molecule has 0 radical (unpaired) electrons. The van der Waals surface area contributed by atoms with Gasteiger partial charge < -0.3 is 10.0 Å². The molecule has 132 valence electrons. The fourth-order valence-electron chi connectivity index (χ4n) is 3.51. The molecule has 1 aliphatic heterocycles. The van der Waals surface area contributed by atoms with E-state index >= 15 is 0 Å². The Hall–Kier alpha value is -2.70. The Kier molecular flexibility index (Phi) is 4.32. The molecule has 0 bridgehead atoms. The van der Waals surface area contributed by atoms with Crippen LogP contribution in [0.3, 0.4) is 0 Å². The van der Waals surface area contributed by atoms with Crippen molar-refractivity contribution in [2.24, 2.45) is 13.0 Å². The number of likely N-dealkylation sites (tertiary alicyclic amines) is 1. The number of carbonyl (C=O) groups excluding carboxylic acids is 1. The zero-order chi connectivity index (χ0) is 18.3. The van der Waals surface area contributed by atoms with Gasteiger partial charge in [-0.2, -0.15) is 5.10 Å². The highest BCUT2D eigenvalue weighted by Crippen LogP contribution is 2.40. The Bertz CT molecular complexity index is 846. The molecule has 25 heavy (non-hydrogen) atoms. The smallest absolute Gasteiger partial charge is 0.309 e. The van der Waals surface area contributed by atoms with Gasteiger partial charge in [0.25, 0.3) is 0 Å². The van der Waals surface area contributed by atoms with Crippen molar-refractivity contribution in [2.45, 2.75) is 32.9 Å².